The Labute approximate surface area is 219 Å². The molecule has 2 aromatic heterocycles. The number of aromatic amines is 1. The average Bonchev–Trinajstić information content (AvgIpc) is 3.23. The van der Waals surface area contributed by atoms with Crippen molar-refractivity contribution >= 4 is 11.6 Å². The summed E-state index contributed by atoms with van der Waals surface area (Å²) in [4.78, 5) is 26.1. The molecular weight excluding hydrogens is 497 g/mol. The van der Waals surface area contributed by atoms with Gasteiger partial charge in [-0.1, -0.05) is 38.1 Å². The molecule has 1 aromatic carbocycles. The summed E-state index contributed by atoms with van der Waals surface area (Å²) in [6, 6.07) is 8.65. The van der Waals surface area contributed by atoms with Crippen molar-refractivity contribution < 1.29 is 18.0 Å². The third-order valence-electron chi connectivity index (χ3n) is 6.86. The summed E-state index contributed by atoms with van der Waals surface area (Å²) in [6.07, 6.45) is -1.72. The number of alkyl halides is 3. The summed E-state index contributed by atoms with van der Waals surface area (Å²) in [5, 5.41) is 17.0. The first-order valence-electron chi connectivity index (χ1n) is 12.7. The van der Waals surface area contributed by atoms with E-state index in [9.17, 15) is 22.8 Å². The lowest BCUT2D eigenvalue weighted by Gasteiger charge is -2.46. The Morgan fingerprint density at radius 2 is 2.00 bits per heavy atom. The number of H-pyrrole nitrogens is 1. The van der Waals surface area contributed by atoms with Crippen LogP contribution in [0, 0.1) is 18.8 Å². The largest absolute Gasteiger partial charge is 0.406 e. The van der Waals surface area contributed by atoms with Crippen LogP contribution in [0.3, 0.4) is 0 Å². The molecule has 204 valence electrons. The summed E-state index contributed by atoms with van der Waals surface area (Å²) in [7, 11) is 0. The van der Waals surface area contributed by atoms with Gasteiger partial charge in [0, 0.05) is 23.8 Å². The minimum atomic E-state index is -4.61. The molecule has 1 aliphatic carbocycles. The van der Waals surface area contributed by atoms with Crippen molar-refractivity contribution in [3.05, 3.63) is 75.0 Å². The predicted octanol–water partition coefficient (Wildman–Crippen LogP) is 4.55. The Morgan fingerprint density at radius 1 is 1.26 bits per heavy atom. The molecule has 0 spiro atoms. The van der Waals surface area contributed by atoms with Gasteiger partial charge in [-0.05, 0) is 67.5 Å². The number of carbonyl (C=O) groups is 1. The predicted molar refractivity (Wildman–Crippen MR) is 138 cm³/mol. The number of nitrogens with zero attached hydrogens (tertiary/aromatic N) is 3. The lowest BCUT2D eigenvalue weighted by Crippen LogP contribution is -2.42. The van der Waals surface area contributed by atoms with Gasteiger partial charge in [-0.2, -0.15) is 13.2 Å². The molecule has 4 rings (SSSR count). The number of rotatable bonds is 9. The normalized spacial score (nSPS) is 19.4. The molecule has 0 bridgehead atoms. The highest BCUT2D eigenvalue weighted by molar-refractivity contribution is 6.04. The number of benzene rings is 1. The molecule has 8 nitrogen and oxygen atoms in total. The van der Waals surface area contributed by atoms with Crippen LogP contribution in [0.1, 0.15) is 66.5 Å². The third-order valence-corrected chi connectivity index (χ3v) is 6.86. The molecule has 3 N–H and O–H groups in total. The minimum Gasteiger partial charge on any atom is -0.322 e. The second kappa shape index (κ2) is 10.7. The maximum atomic E-state index is 13.2. The van der Waals surface area contributed by atoms with Crippen LogP contribution in [0.25, 0.3) is 0 Å². The van der Waals surface area contributed by atoms with Gasteiger partial charge in [0.05, 0.1) is 11.4 Å². The van der Waals surface area contributed by atoms with Crippen LogP contribution in [-0.4, -0.2) is 38.6 Å². The van der Waals surface area contributed by atoms with Crippen LogP contribution in [-0.2, 0) is 18.5 Å². The van der Waals surface area contributed by atoms with E-state index in [2.05, 4.69) is 33.0 Å². The molecule has 1 fully saturated rings. The maximum Gasteiger partial charge on any atom is 0.406 e. The summed E-state index contributed by atoms with van der Waals surface area (Å²) < 4.78 is 40.1. The minimum absolute atomic E-state index is 0.226. The fourth-order valence-corrected chi connectivity index (χ4v) is 5.29. The molecule has 2 heterocycles. The molecule has 0 atom stereocenters. The number of carbonyl (C=O) groups excluding carboxylic acids is 1. The van der Waals surface area contributed by atoms with E-state index in [1.165, 1.54) is 6.07 Å². The van der Waals surface area contributed by atoms with E-state index in [-0.39, 0.29) is 17.5 Å². The second-order valence-electron chi connectivity index (χ2n) is 10.8. The topological polar surface area (TPSA) is 105 Å². The van der Waals surface area contributed by atoms with Crippen LogP contribution in [0.4, 0.5) is 18.9 Å². The van der Waals surface area contributed by atoms with E-state index >= 15 is 0 Å². The molecule has 1 amide bonds. The SMILES string of the molecule is Cc1[nH]nnc1C1(c2cccc(NC(=O)c3cc(CNCC(C)C)cn(CC(F)(F)F)c3=O)c2)CC(C)C1. The van der Waals surface area contributed by atoms with E-state index in [1.54, 1.807) is 12.1 Å². The molecule has 0 saturated heterocycles. The number of hydrogen-bond acceptors (Lipinski definition) is 5. The van der Waals surface area contributed by atoms with Crippen LogP contribution in [0.5, 0.6) is 0 Å². The van der Waals surface area contributed by atoms with Crippen LogP contribution < -0.4 is 16.2 Å². The number of nitrogens with one attached hydrogen (secondary N) is 3. The first-order valence-corrected chi connectivity index (χ1v) is 12.7. The summed E-state index contributed by atoms with van der Waals surface area (Å²) in [5.41, 5.74) is 1.85. The lowest BCUT2D eigenvalue weighted by atomic mass is 9.57. The number of halogens is 3. The quantitative estimate of drug-likeness (QED) is 0.377. The van der Waals surface area contributed by atoms with E-state index in [0.717, 1.165) is 36.0 Å². The van der Waals surface area contributed by atoms with Gasteiger partial charge in [0.1, 0.15) is 12.1 Å². The number of amides is 1. The molecular formula is C27H33F3N6O2. The van der Waals surface area contributed by atoms with Crippen molar-refractivity contribution in [3.8, 4) is 0 Å². The maximum absolute atomic E-state index is 13.2. The van der Waals surface area contributed by atoms with Gasteiger partial charge in [0.15, 0.2) is 0 Å². The van der Waals surface area contributed by atoms with Crippen LogP contribution in [0.15, 0.2) is 41.3 Å². The lowest BCUT2D eigenvalue weighted by molar-refractivity contribution is -0.141. The molecule has 11 heteroatoms. The summed E-state index contributed by atoms with van der Waals surface area (Å²) in [6.45, 7) is 7.47. The monoisotopic (exact) mass is 530 g/mol. The van der Waals surface area contributed by atoms with Gasteiger partial charge < -0.3 is 15.2 Å². The Morgan fingerprint density at radius 3 is 2.61 bits per heavy atom. The molecule has 0 unspecified atom stereocenters. The van der Waals surface area contributed by atoms with Gasteiger partial charge in [-0.15, -0.1) is 5.10 Å². The standard InChI is InChI=1S/C27H33F3N6O2/c1-16(2)12-31-13-19-8-22(25(38)36(14-19)15-27(28,29)30)24(37)32-21-7-5-6-20(9-21)26(10-17(3)11-26)23-18(4)33-35-34-23/h5-9,14,16-17,31H,10-13,15H2,1-4H3,(H,32,37)(H,33,34,35). The number of hydrogen-bond donors (Lipinski definition) is 3. The van der Waals surface area contributed by atoms with Gasteiger partial charge in [0.2, 0.25) is 0 Å². The highest BCUT2D eigenvalue weighted by Gasteiger charge is 2.47. The fraction of sp³-hybridized carbons (Fsp3) is 0.481. The van der Waals surface area contributed by atoms with E-state index in [0.29, 0.717) is 34.2 Å². The van der Waals surface area contributed by atoms with Crippen molar-refractivity contribution in [3.63, 3.8) is 0 Å². The fourth-order valence-electron chi connectivity index (χ4n) is 5.29. The summed E-state index contributed by atoms with van der Waals surface area (Å²) >= 11 is 0. The van der Waals surface area contributed by atoms with Gasteiger partial charge in [-0.3, -0.25) is 14.7 Å². The Bertz CT molecular complexity index is 1360. The molecule has 0 radical (unpaired) electrons. The molecule has 1 aliphatic rings. The Hall–Kier alpha value is -3.47. The highest BCUT2D eigenvalue weighted by atomic mass is 19.4. The van der Waals surface area contributed by atoms with E-state index < -0.39 is 24.2 Å². The third kappa shape index (κ3) is 5.98. The van der Waals surface area contributed by atoms with E-state index in [1.807, 2.05) is 32.9 Å². The van der Waals surface area contributed by atoms with Gasteiger partial charge in [0.25, 0.3) is 11.5 Å². The number of pyridine rings is 1. The van der Waals surface area contributed by atoms with Crippen molar-refractivity contribution in [1.29, 1.82) is 0 Å². The first-order chi connectivity index (χ1) is 17.9. The van der Waals surface area contributed by atoms with Crippen molar-refractivity contribution in [2.45, 2.75) is 65.2 Å². The van der Waals surface area contributed by atoms with E-state index in [4.69, 9.17) is 0 Å². The van der Waals surface area contributed by atoms with Crippen molar-refractivity contribution in [1.82, 2.24) is 25.3 Å². The van der Waals surface area contributed by atoms with Crippen LogP contribution in [0.2, 0.25) is 0 Å². The molecule has 0 aliphatic heterocycles. The molecule has 38 heavy (non-hydrogen) atoms. The van der Waals surface area contributed by atoms with Crippen molar-refractivity contribution in [2.24, 2.45) is 11.8 Å². The zero-order valence-corrected chi connectivity index (χ0v) is 21.9. The average molecular weight is 531 g/mol. The zero-order chi connectivity index (χ0) is 27.7. The van der Waals surface area contributed by atoms with Crippen molar-refractivity contribution in [2.75, 3.05) is 11.9 Å². The highest BCUT2D eigenvalue weighted by Crippen LogP contribution is 2.52. The van der Waals surface area contributed by atoms with Gasteiger partial charge in [-0.25, -0.2) is 0 Å². The Balaban J connectivity index is 1.63. The Kier molecular flexibility index (Phi) is 7.78. The smallest absolute Gasteiger partial charge is 0.322 e. The summed E-state index contributed by atoms with van der Waals surface area (Å²) in [5.74, 6) is 0.0556. The number of aryl methyl sites for hydroxylation is 1. The zero-order valence-electron chi connectivity index (χ0n) is 21.9. The van der Waals surface area contributed by atoms with Crippen LogP contribution >= 0.6 is 0 Å². The molecule has 1 saturated carbocycles. The van der Waals surface area contributed by atoms with Gasteiger partial charge >= 0.3 is 6.18 Å². The number of anilines is 1. The second-order valence-corrected chi connectivity index (χ2v) is 10.8. The first kappa shape index (κ1) is 27.6. The number of aromatic nitrogens is 4. The molecule has 3 aromatic rings.